The Kier molecular flexibility index (Phi) is 5.22. The van der Waals surface area contributed by atoms with Crippen molar-refractivity contribution in [3.63, 3.8) is 0 Å². The van der Waals surface area contributed by atoms with Gasteiger partial charge in [-0.2, -0.15) is 9.40 Å². The number of halogens is 1. The first-order valence-electron chi connectivity index (χ1n) is 8.98. The molecular weight excluding hydrogens is 416 g/mol. The summed E-state index contributed by atoms with van der Waals surface area (Å²) in [7, 11) is -3.51. The van der Waals surface area contributed by atoms with Crippen LogP contribution in [0, 0.1) is 13.8 Å². The third-order valence-electron chi connectivity index (χ3n) is 4.88. The normalized spacial score (nSPS) is 15.9. The van der Waals surface area contributed by atoms with Crippen LogP contribution in [0.25, 0.3) is 10.6 Å². The van der Waals surface area contributed by atoms with Crippen LogP contribution in [-0.4, -0.2) is 49.1 Å². The second kappa shape index (κ2) is 7.51. The highest BCUT2D eigenvalue weighted by molar-refractivity contribution is 7.91. The van der Waals surface area contributed by atoms with Gasteiger partial charge < -0.3 is 4.90 Å². The van der Waals surface area contributed by atoms with Crippen LogP contribution in [0.2, 0.25) is 5.02 Å². The molecule has 148 valence electrons. The lowest BCUT2D eigenvalue weighted by molar-refractivity contribution is 0.385. The predicted octanol–water partition coefficient (Wildman–Crippen LogP) is 3.92. The van der Waals surface area contributed by atoms with Gasteiger partial charge in [0.15, 0.2) is 0 Å². The van der Waals surface area contributed by atoms with Gasteiger partial charge in [-0.05, 0) is 49.7 Å². The molecule has 6 nitrogen and oxygen atoms in total. The molecule has 0 aliphatic carbocycles. The summed E-state index contributed by atoms with van der Waals surface area (Å²) in [5.74, 6) is 0. The summed E-state index contributed by atoms with van der Waals surface area (Å²) in [5, 5.41) is 7.79. The lowest BCUT2D eigenvalue weighted by Gasteiger charge is -2.36. The van der Waals surface area contributed by atoms with Gasteiger partial charge in [0.1, 0.15) is 9.90 Å². The smallest absolute Gasteiger partial charge is 0.252 e. The lowest BCUT2D eigenvalue weighted by Crippen LogP contribution is -2.48. The summed E-state index contributed by atoms with van der Waals surface area (Å²) in [6, 6.07) is 11.2. The van der Waals surface area contributed by atoms with Crippen LogP contribution in [0.1, 0.15) is 11.3 Å². The summed E-state index contributed by atoms with van der Waals surface area (Å²) < 4.78 is 28.1. The number of nitrogens with one attached hydrogen (secondary N) is 1. The highest BCUT2D eigenvalue weighted by Crippen LogP contribution is 2.32. The number of nitrogens with zero attached hydrogens (tertiary/aromatic N) is 3. The zero-order valence-corrected chi connectivity index (χ0v) is 18.0. The fraction of sp³-hybridized carbons (Fsp3) is 0.316. The third-order valence-corrected chi connectivity index (χ3v) is 8.59. The molecule has 2 aromatic heterocycles. The number of rotatable bonds is 4. The minimum absolute atomic E-state index is 0.357. The molecule has 3 aromatic rings. The second-order valence-electron chi connectivity index (χ2n) is 6.88. The van der Waals surface area contributed by atoms with Gasteiger partial charge in [0.2, 0.25) is 0 Å². The SMILES string of the molecule is Cc1cc(-c2ccc(S(=O)(=O)N3CCN(c4cc(Cl)ccc4C)CC3)s2)n[nH]1. The van der Waals surface area contributed by atoms with Gasteiger partial charge in [0.05, 0.1) is 4.88 Å². The van der Waals surface area contributed by atoms with E-state index in [9.17, 15) is 8.42 Å². The fourth-order valence-corrected chi connectivity index (χ4v) is 6.37. The Hall–Kier alpha value is -1.87. The van der Waals surface area contributed by atoms with Crippen LogP contribution in [0.5, 0.6) is 0 Å². The number of aryl methyl sites for hydroxylation is 2. The molecule has 28 heavy (non-hydrogen) atoms. The van der Waals surface area contributed by atoms with Crippen molar-refractivity contribution in [2.45, 2.75) is 18.1 Å². The zero-order valence-electron chi connectivity index (χ0n) is 15.6. The summed E-state index contributed by atoms with van der Waals surface area (Å²) in [6.07, 6.45) is 0. The summed E-state index contributed by atoms with van der Waals surface area (Å²) in [4.78, 5) is 3.04. The van der Waals surface area contributed by atoms with Crippen molar-refractivity contribution in [3.05, 3.63) is 52.7 Å². The van der Waals surface area contributed by atoms with Crippen molar-refractivity contribution in [1.82, 2.24) is 14.5 Å². The van der Waals surface area contributed by atoms with E-state index in [1.54, 1.807) is 10.4 Å². The standard InChI is InChI=1S/C19H21ClN4O2S2/c1-13-3-4-15(20)12-17(13)23-7-9-24(10-8-23)28(25,26)19-6-5-18(27-19)16-11-14(2)21-22-16/h3-6,11-12H,7-10H2,1-2H3,(H,21,22). The molecule has 0 atom stereocenters. The number of hydrogen-bond donors (Lipinski definition) is 1. The molecule has 0 saturated carbocycles. The summed E-state index contributed by atoms with van der Waals surface area (Å²) in [6.45, 7) is 6.13. The summed E-state index contributed by atoms with van der Waals surface area (Å²) >= 11 is 7.39. The number of H-pyrrole nitrogens is 1. The Morgan fingerprint density at radius 2 is 1.82 bits per heavy atom. The average molecular weight is 437 g/mol. The Labute approximate surface area is 173 Å². The Bertz CT molecular complexity index is 1100. The minimum atomic E-state index is -3.51. The molecule has 1 fully saturated rings. The highest BCUT2D eigenvalue weighted by atomic mass is 35.5. The zero-order chi connectivity index (χ0) is 19.9. The first-order chi connectivity index (χ1) is 13.3. The molecule has 1 saturated heterocycles. The fourth-order valence-electron chi connectivity index (χ4n) is 3.36. The number of piperazine rings is 1. The van der Waals surface area contributed by atoms with Gasteiger partial charge in [-0.3, -0.25) is 5.10 Å². The van der Waals surface area contributed by atoms with Crippen molar-refractivity contribution < 1.29 is 8.42 Å². The molecule has 9 heteroatoms. The van der Waals surface area contributed by atoms with Crippen molar-refractivity contribution >= 4 is 38.6 Å². The second-order valence-corrected chi connectivity index (χ2v) is 10.6. The monoisotopic (exact) mass is 436 g/mol. The van der Waals surface area contributed by atoms with Crippen LogP contribution in [0.4, 0.5) is 5.69 Å². The minimum Gasteiger partial charge on any atom is -0.369 e. The molecule has 0 bridgehead atoms. The molecule has 0 radical (unpaired) electrons. The maximum atomic E-state index is 13.1. The van der Waals surface area contributed by atoms with Crippen LogP contribution in [0.3, 0.4) is 0 Å². The molecule has 1 aliphatic rings. The number of sulfonamides is 1. The first kappa shape index (κ1) is 19.4. The quantitative estimate of drug-likeness (QED) is 0.673. The number of anilines is 1. The van der Waals surface area contributed by atoms with E-state index in [0.717, 1.165) is 27.5 Å². The van der Waals surface area contributed by atoms with E-state index in [2.05, 4.69) is 15.1 Å². The average Bonchev–Trinajstić information content (AvgIpc) is 3.33. The molecule has 0 amide bonds. The van der Waals surface area contributed by atoms with Gasteiger partial charge >= 0.3 is 0 Å². The molecule has 0 spiro atoms. The van der Waals surface area contributed by atoms with Gasteiger partial charge in [-0.25, -0.2) is 8.42 Å². The third kappa shape index (κ3) is 3.69. The highest BCUT2D eigenvalue weighted by Gasteiger charge is 2.30. The molecule has 1 N–H and O–H groups in total. The Balaban J connectivity index is 1.49. The van der Waals surface area contributed by atoms with Gasteiger partial charge in [0.25, 0.3) is 10.0 Å². The summed E-state index contributed by atoms with van der Waals surface area (Å²) in [5.41, 5.74) is 3.92. The maximum absolute atomic E-state index is 13.1. The van der Waals surface area contributed by atoms with Crippen molar-refractivity contribution in [3.8, 4) is 10.6 Å². The largest absolute Gasteiger partial charge is 0.369 e. The molecule has 0 unspecified atom stereocenters. The number of thiophene rings is 1. The molecule has 1 aliphatic heterocycles. The van der Waals surface area contributed by atoms with Crippen LogP contribution in [0.15, 0.2) is 40.6 Å². The molecular formula is C19H21ClN4O2S2. The van der Waals surface area contributed by atoms with Crippen molar-refractivity contribution in [2.75, 3.05) is 31.1 Å². The van der Waals surface area contributed by atoms with E-state index in [0.29, 0.717) is 35.4 Å². The van der Waals surface area contributed by atoms with E-state index >= 15 is 0 Å². The van der Waals surface area contributed by atoms with E-state index in [4.69, 9.17) is 11.6 Å². The maximum Gasteiger partial charge on any atom is 0.252 e. The van der Waals surface area contributed by atoms with Gasteiger partial charge in [-0.15, -0.1) is 11.3 Å². The first-order valence-corrected chi connectivity index (χ1v) is 11.6. The number of aromatic amines is 1. The number of aromatic nitrogens is 2. The Morgan fingerprint density at radius 3 is 2.50 bits per heavy atom. The van der Waals surface area contributed by atoms with Crippen molar-refractivity contribution in [1.29, 1.82) is 0 Å². The molecule has 4 rings (SSSR count). The predicted molar refractivity (Wildman–Crippen MR) is 114 cm³/mol. The van der Waals surface area contributed by atoms with E-state index in [-0.39, 0.29) is 0 Å². The van der Waals surface area contributed by atoms with E-state index in [1.807, 2.05) is 44.2 Å². The topological polar surface area (TPSA) is 69.3 Å². The van der Waals surface area contributed by atoms with E-state index < -0.39 is 10.0 Å². The number of benzene rings is 1. The van der Waals surface area contributed by atoms with E-state index in [1.165, 1.54) is 11.3 Å². The molecule has 1 aromatic carbocycles. The van der Waals surface area contributed by atoms with Crippen LogP contribution >= 0.6 is 22.9 Å². The lowest BCUT2D eigenvalue weighted by atomic mass is 10.1. The number of hydrogen-bond acceptors (Lipinski definition) is 5. The van der Waals surface area contributed by atoms with Crippen LogP contribution in [-0.2, 0) is 10.0 Å². The van der Waals surface area contributed by atoms with Crippen LogP contribution < -0.4 is 4.90 Å². The van der Waals surface area contributed by atoms with Crippen molar-refractivity contribution in [2.24, 2.45) is 0 Å². The van der Waals surface area contributed by atoms with Gasteiger partial charge in [-0.1, -0.05) is 17.7 Å². The molecule has 3 heterocycles. The van der Waals surface area contributed by atoms with Gasteiger partial charge in [0, 0.05) is 42.6 Å². The Morgan fingerprint density at radius 1 is 1.07 bits per heavy atom.